The van der Waals surface area contributed by atoms with E-state index in [-0.39, 0.29) is 18.9 Å². The lowest BCUT2D eigenvalue weighted by Gasteiger charge is -2.03. The smallest absolute Gasteiger partial charge is 0.287 e. The maximum atomic E-state index is 12.0. The van der Waals surface area contributed by atoms with Crippen LogP contribution in [0.4, 0.5) is 0 Å². The van der Waals surface area contributed by atoms with Gasteiger partial charge in [0.05, 0.1) is 6.54 Å². The highest BCUT2D eigenvalue weighted by Crippen LogP contribution is 2.21. The fourth-order valence-corrected chi connectivity index (χ4v) is 3.23. The van der Waals surface area contributed by atoms with Gasteiger partial charge < -0.3 is 9.73 Å². The molecule has 3 aromatic rings. The third-order valence-corrected chi connectivity index (χ3v) is 4.89. The van der Waals surface area contributed by atoms with Gasteiger partial charge in [-0.05, 0) is 43.0 Å². The third kappa shape index (κ3) is 6.81. The summed E-state index contributed by atoms with van der Waals surface area (Å²) in [6.45, 7) is 0.00914. The number of rotatable bonds is 11. The number of hydrogen-bond acceptors (Lipinski definition) is 5. The monoisotopic (exact) mass is 425 g/mol. The summed E-state index contributed by atoms with van der Waals surface area (Å²) in [6, 6.07) is 17.4. The van der Waals surface area contributed by atoms with E-state index in [2.05, 4.69) is 27.6 Å². The van der Waals surface area contributed by atoms with E-state index >= 15 is 0 Å². The standard InChI is InChI=1S/C23H24ClN3O3/c24-19-13-8-12-18(15-19)23-27-26-21(30-23)16-25-22(29)20(28)14-7-2-1-4-9-17-10-5-3-6-11-17/h3,5-6,8,10-13,15H,1-2,4,7,9,14,16H2,(H,25,29). The van der Waals surface area contributed by atoms with Crippen LogP contribution in [0.5, 0.6) is 0 Å². The van der Waals surface area contributed by atoms with Gasteiger partial charge in [0.15, 0.2) is 0 Å². The number of benzene rings is 2. The molecule has 0 saturated heterocycles. The van der Waals surface area contributed by atoms with Gasteiger partial charge in [-0.15, -0.1) is 10.2 Å². The Morgan fingerprint density at radius 1 is 0.933 bits per heavy atom. The molecule has 0 bridgehead atoms. The number of amides is 1. The number of nitrogens with one attached hydrogen (secondary N) is 1. The van der Waals surface area contributed by atoms with E-state index in [0.717, 1.165) is 25.7 Å². The number of unbranched alkanes of at least 4 members (excludes halogenated alkanes) is 3. The number of hydrogen-bond donors (Lipinski definition) is 1. The summed E-state index contributed by atoms with van der Waals surface area (Å²) in [6.07, 6.45) is 5.04. The minimum Gasteiger partial charge on any atom is -0.419 e. The van der Waals surface area contributed by atoms with Crippen molar-refractivity contribution in [2.75, 3.05) is 0 Å². The first kappa shape index (κ1) is 21.7. The Balaban J connectivity index is 1.32. The van der Waals surface area contributed by atoms with Crippen LogP contribution in [0.2, 0.25) is 5.02 Å². The molecular formula is C23H24ClN3O3. The second-order valence-corrected chi connectivity index (χ2v) is 7.45. The minimum absolute atomic E-state index is 0.00914. The Hall–Kier alpha value is -2.99. The van der Waals surface area contributed by atoms with E-state index in [1.54, 1.807) is 24.3 Å². The van der Waals surface area contributed by atoms with Crippen LogP contribution in [0.3, 0.4) is 0 Å². The van der Waals surface area contributed by atoms with Gasteiger partial charge in [0, 0.05) is 17.0 Å². The van der Waals surface area contributed by atoms with Crippen molar-refractivity contribution in [3.63, 3.8) is 0 Å². The molecule has 7 heteroatoms. The lowest BCUT2D eigenvalue weighted by Crippen LogP contribution is -2.30. The van der Waals surface area contributed by atoms with Crippen molar-refractivity contribution in [3.05, 3.63) is 71.1 Å². The van der Waals surface area contributed by atoms with Gasteiger partial charge in [-0.2, -0.15) is 0 Å². The summed E-state index contributed by atoms with van der Waals surface area (Å²) in [4.78, 5) is 24.0. The number of carbonyl (C=O) groups excluding carboxylic acids is 2. The summed E-state index contributed by atoms with van der Waals surface area (Å²) in [7, 11) is 0. The van der Waals surface area contributed by atoms with Crippen LogP contribution in [0.15, 0.2) is 59.0 Å². The van der Waals surface area contributed by atoms with Crippen LogP contribution < -0.4 is 5.32 Å². The molecule has 3 rings (SSSR count). The number of nitrogens with zero attached hydrogens (tertiary/aromatic N) is 2. The van der Waals surface area contributed by atoms with Crippen molar-refractivity contribution in [1.29, 1.82) is 0 Å². The van der Waals surface area contributed by atoms with Crippen LogP contribution in [-0.4, -0.2) is 21.9 Å². The molecule has 1 heterocycles. The maximum absolute atomic E-state index is 12.0. The molecule has 0 aliphatic heterocycles. The topological polar surface area (TPSA) is 85.1 Å². The highest BCUT2D eigenvalue weighted by atomic mass is 35.5. The first-order valence-corrected chi connectivity index (χ1v) is 10.4. The van der Waals surface area contributed by atoms with Crippen LogP contribution >= 0.6 is 11.6 Å². The summed E-state index contributed by atoms with van der Waals surface area (Å²) in [5.41, 5.74) is 2.02. The lowest BCUT2D eigenvalue weighted by atomic mass is 10.0. The molecule has 156 valence electrons. The highest BCUT2D eigenvalue weighted by Gasteiger charge is 2.15. The van der Waals surface area contributed by atoms with E-state index in [1.165, 1.54) is 5.56 Å². The van der Waals surface area contributed by atoms with Crippen molar-refractivity contribution in [2.45, 2.75) is 45.1 Å². The molecule has 0 unspecified atom stereocenters. The third-order valence-electron chi connectivity index (χ3n) is 4.65. The molecule has 0 radical (unpaired) electrons. The van der Waals surface area contributed by atoms with E-state index < -0.39 is 11.7 Å². The molecule has 0 aliphatic rings. The largest absolute Gasteiger partial charge is 0.419 e. The first-order chi connectivity index (χ1) is 14.6. The van der Waals surface area contributed by atoms with Gasteiger partial charge in [-0.25, -0.2) is 0 Å². The molecule has 1 amide bonds. The molecule has 1 N–H and O–H groups in total. The van der Waals surface area contributed by atoms with Crippen molar-refractivity contribution < 1.29 is 14.0 Å². The molecule has 0 aliphatic carbocycles. The minimum atomic E-state index is -0.623. The number of halogens is 1. The zero-order chi connectivity index (χ0) is 21.2. The number of aryl methyl sites for hydroxylation is 1. The molecule has 0 fully saturated rings. The second-order valence-electron chi connectivity index (χ2n) is 7.02. The number of carbonyl (C=O) groups is 2. The van der Waals surface area contributed by atoms with Gasteiger partial charge in [-0.3, -0.25) is 9.59 Å². The van der Waals surface area contributed by atoms with Gasteiger partial charge in [-0.1, -0.05) is 60.8 Å². The van der Waals surface area contributed by atoms with Crippen molar-refractivity contribution >= 4 is 23.3 Å². The summed E-state index contributed by atoms with van der Waals surface area (Å²) in [5, 5.41) is 10.9. The van der Waals surface area contributed by atoms with Gasteiger partial charge in [0.25, 0.3) is 5.91 Å². The van der Waals surface area contributed by atoms with E-state index in [9.17, 15) is 9.59 Å². The molecule has 2 aromatic carbocycles. The normalized spacial score (nSPS) is 10.7. The quantitative estimate of drug-likeness (QED) is 0.353. The Kier molecular flexibility index (Phi) is 8.15. The first-order valence-electron chi connectivity index (χ1n) is 10.0. The predicted octanol–water partition coefficient (Wildman–Crippen LogP) is 4.77. The Morgan fingerprint density at radius 2 is 1.73 bits per heavy atom. The fourth-order valence-electron chi connectivity index (χ4n) is 3.04. The average molecular weight is 426 g/mol. The number of aromatic nitrogens is 2. The van der Waals surface area contributed by atoms with Crippen LogP contribution in [0, 0.1) is 0 Å². The molecule has 0 spiro atoms. The van der Waals surface area contributed by atoms with Crippen LogP contribution in [0.25, 0.3) is 11.5 Å². The number of Topliss-reactive ketones (excluding diaryl/α,β-unsaturated/α-hetero) is 1. The molecule has 1 aromatic heterocycles. The zero-order valence-electron chi connectivity index (χ0n) is 16.6. The Bertz CT molecular complexity index is 973. The summed E-state index contributed by atoms with van der Waals surface area (Å²) >= 11 is 5.95. The number of ketones is 1. The Labute approximate surface area is 180 Å². The van der Waals surface area contributed by atoms with E-state index in [0.29, 0.717) is 22.9 Å². The average Bonchev–Trinajstić information content (AvgIpc) is 3.24. The lowest BCUT2D eigenvalue weighted by molar-refractivity contribution is -0.138. The predicted molar refractivity (Wildman–Crippen MR) is 115 cm³/mol. The highest BCUT2D eigenvalue weighted by molar-refractivity contribution is 6.36. The SMILES string of the molecule is O=C(CCCCCCc1ccccc1)C(=O)NCc1nnc(-c2cccc(Cl)c2)o1. The second kappa shape index (κ2) is 11.3. The summed E-state index contributed by atoms with van der Waals surface area (Å²) < 4.78 is 5.51. The maximum Gasteiger partial charge on any atom is 0.287 e. The van der Waals surface area contributed by atoms with Gasteiger partial charge in [0.2, 0.25) is 17.6 Å². The summed E-state index contributed by atoms with van der Waals surface area (Å²) in [5.74, 6) is -0.509. The van der Waals surface area contributed by atoms with Gasteiger partial charge >= 0.3 is 0 Å². The molecule has 0 saturated carbocycles. The van der Waals surface area contributed by atoms with E-state index in [4.69, 9.17) is 16.0 Å². The molecule has 6 nitrogen and oxygen atoms in total. The van der Waals surface area contributed by atoms with E-state index in [1.807, 2.05) is 18.2 Å². The van der Waals surface area contributed by atoms with Crippen LogP contribution in [-0.2, 0) is 22.6 Å². The molecular weight excluding hydrogens is 402 g/mol. The van der Waals surface area contributed by atoms with Crippen molar-refractivity contribution in [2.24, 2.45) is 0 Å². The molecule has 0 atom stereocenters. The zero-order valence-corrected chi connectivity index (χ0v) is 17.4. The van der Waals surface area contributed by atoms with Crippen molar-refractivity contribution in [1.82, 2.24) is 15.5 Å². The van der Waals surface area contributed by atoms with Crippen molar-refractivity contribution in [3.8, 4) is 11.5 Å². The molecule has 30 heavy (non-hydrogen) atoms. The van der Waals surface area contributed by atoms with Gasteiger partial charge in [0.1, 0.15) is 0 Å². The van der Waals surface area contributed by atoms with Crippen LogP contribution in [0.1, 0.15) is 43.6 Å². The fraction of sp³-hybridized carbons (Fsp3) is 0.304. The Morgan fingerprint density at radius 3 is 2.53 bits per heavy atom.